The lowest BCUT2D eigenvalue weighted by molar-refractivity contribution is 1.48. The van der Waals surface area contributed by atoms with Crippen molar-refractivity contribution in [3.05, 3.63) is 422 Å². The normalized spacial score (nSPS) is 12.5. The summed E-state index contributed by atoms with van der Waals surface area (Å²) >= 11 is 0. The van der Waals surface area contributed by atoms with Gasteiger partial charge in [-0.3, -0.25) is 0 Å². The van der Waals surface area contributed by atoms with E-state index in [0.717, 1.165) is 0 Å². The Morgan fingerprint density at radius 2 is 0.409 bits per heavy atom. The monoisotopic (exact) mass is 1670 g/mol. The Balaban J connectivity index is 0.0000000983. The number of aryl methyl sites for hydroxylation is 6. The van der Waals surface area contributed by atoms with Crippen LogP contribution < -0.4 is 0 Å². The van der Waals surface area contributed by atoms with Crippen LogP contribution in [0, 0.1) is 41.5 Å². The number of hydrogen-bond donors (Lipinski definition) is 0. The molecule has 4 aliphatic rings. The van der Waals surface area contributed by atoms with Gasteiger partial charge < -0.3 is 0 Å². The lowest BCUT2D eigenvalue weighted by atomic mass is 9.80. The molecule has 0 N–H and O–H groups in total. The second kappa shape index (κ2) is 27.1. The van der Waals surface area contributed by atoms with Crippen molar-refractivity contribution in [3.63, 3.8) is 0 Å². The standard InChI is InChI=1S/C52H32.C42H26.C38H24/c1-29-23-35-24-30(2)26-45-43-28-41-34(27-42(43)44(25-29)47(35)45)19-20-37-36(41)21-22-40-48(32-11-5-3-6-12-32)51-38-17-9-15-31-16-10-18-39(46(31)38)52(51)49(50(37)40)33-13-7-4-8-14-33;1-23-15-29-16-24(2)18-39-37-22-35-32-19-28-12-11-26-9-6-10-27-13-14-30(42(28)40(26)27)33(32)20-31(25-7-4-3-5-8-25)34(35)21-36(37)38(17-23)41(29)39;1-21-15-26-16-22(2)18-33-31-20-34-29(19-30(31)32(17-21)37(26)33)27-13-11-24-9-6-10-25-12-14-28(38(27)35(24)25)36(34)23-7-4-3-5-8-23/h3-28H,1-2H3;3-22H,1-2H3;3-20H,1-2H3. The first-order chi connectivity index (χ1) is 64.9. The molecule has 0 fully saturated rings. The molecule has 0 saturated heterocycles. The quantitative estimate of drug-likeness (QED) is 0.122. The van der Waals surface area contributed by atoms with Crippen molar-refractivity contribution < 1.29 is 0 Å². The number of rotatable bonds is 4. The van der Waals surface area contributed by atoms with Gasteiger partial charge in [0.2, 0.25) is 0 Å². The Morgan fingerprint density at radius 3 is 0.902 bits per heavy atom. The second-order valence-electron chi connectivity index (χ2n) is 38.3. The first kappa shape index (κ1) is 73.6. The van der Waals surface area contributed by atoms with Crippen LogP contribution in [0.25, 0.3) is 306 Å². The van der Waals surface area contributed by atoms with E-state index in [1.165, 1.54) is 339 Å². The molecule has 27 aromatic rings. The third-order valence-electron chi connectivity index (χ3n) is 30.4. The fraction of sp³-hybridized carbons (Fsp3) is 0.0455. The van der Waals surface area contributed by atoms with Crippen LogP contribution in [0.5, 0.6) is 0 Å². The average Bonchev–Trinajstić information content (AvgIpc) is 1.51. The van der Waals surface area contributed by atoms with Crippen molar-refractivity contribution in [2.24, 2.45) is 0 Å². The molecular weight excluding hydrogens is 1590 g/mol. The van der Waals surface area contributed by atoms with Crippen LogP contribution in [0.4, 0.5) is 0 Å². The van der Waals surface area contributed by atoms with Crippen molar-refractivity contribution >= 4 is 172 Å². The molecule has 610 valence electrons. The van der Waals surface area contributed by atoms with Gasteiger partial charge in [0.15, 0.2) is 0 Å². The molecule has 0 unspecified atom stereocenters. The average molecular weight is 1670 g/mol. The Labute approximate surface area is 763 Å². The molecule has 132 heavy (non-hydrogen) atoms. The Morgan fingerprint density at radius 1 is 0.106 bits per heavy atom. The van der Waals surface area contributed by atoms with Crippen LogP contribution in [0.15, 0.2) is 388 Å². The van der Waals surface area contributed by atoms with Crippen molar-refractivity contribution in [1.82, 2.24) is 0 Å². The van der Waals surface area contributed by atoms with Gasteiger partial charge in [0.05, 0.1) is 0 Å². The zero-order valence-electron chi connectivity index (χ0n) is 74.0. The smallest absolute Gasteiger partial charge is 0.000719 e. The van der Waals surface area contributed by atoms with Crippen LogP contribution >= 0.6 is 0 Å². The Kier molecular flexibility index (Phi) is 15.1. The molecule has 31 rings (SSSR count). The van der Waals surface area contributed by atoms with Crippen molar-refractivity contribution in [2.45, 2.75) is 41.5 Å². The van der Waals surface area contributed by atoms with Gasteiger partial charge in [0.25, 0.3) is 0 Å². The summed E-state index contributed by atoms with van der Waals surface area (Å²) < 4.78 is 0. The molecule has 0 heteroatoms. The molecule has 0 heterocycles. The highest BCUT2D eigenvalue weighted by molar-refractivity contribution is 6.38. The summed E-state index contributed by atoms with van der Waals surface area (Å²) in [4.78, 5) is 0. The predicted octanol–water partition coefficient (Wildman–Crippen LogP) is 37.5. The van der Waals surface area contributed by atoms with Gasteiger partial charge in [-0.05, 0) is 429 Å². The molecule has 0 aliphatic heterocycles. The summed E-state index contributed by atoms with van der Waals surface area (Å²) in [5, 5.41) is 42.7. The van der Waals surface area contributed by atoms with E-state index in [-0.39, 0.29) is 0 Å². The third kappa shape index (κ3) is 10.3. The summed E-state index contributed by atoms with van der Waals surface area (Å²) in [5.74, 6) is 0. The highest BCUT2D eigenvalue weighted by atomic mass is 14.4. The molecule has 0 nitrogen and oxygen atoms in total. The fourth-order valence-electron chi connectivity index (χ4n) is 25.3. The minimum absolute atomic E-state index is 1.25. The topological polar surface area (TPSA) is 0 Å². The van der Waals surface area contributed by atoms with Crippen molar-refractivity contribution in [3.8, 4) is 134 Å². The summed E-state index contributed by atoms with van der Waals surface area (Å²) in [6.07, 6.45) is 0. The number of fused-ring (bicyclic) bond motifs is 23. The minimum atomic E-state index is 1.25. The Hall–Kier alpha value is -16.4. The first-order valence-corrected chi connectivity index (χ1v) is 46.6. The van der Waals surface area contributed by atoms with Crippen LogP contribution in [0.1, 0.15) is 33.4 Å². The van der Waals surface area contributed by atoms with Gasteiger partial charge in [-0.25, -0.2) is 0 Å². The largest absolute Gasteiger partial charge is 0.0622 e. The van der Waals surface area contributed by atoms with E-state index < -0.39 is 0 Å². The number of hydrogen-bond acceptors (Lipinski definition) is 0. The number of benzene rings is 27. The lowest BCUT2D eigenvalue weighted by Crippen LogP contribution is -1.95. The van der Waals surface area contributed by atoms with Crippen LogP contribution in [-0.2, 0) is 0 Å². The zero-order chi connectivity index (χ0) is 87.1. The minimum Gasteiger partial charge on any atom is -0.0622 e. The van der Waals surface area contributed by atoms with Crippen LogP contribution in [0.3, 0.4) is 0 Å². The maximum atomic E-state index is 2.50. The zero-order valence-corrected chi connectivity index (χ0v) is 74.0. The van der Waals surface area contributed by atoms with E-state index in [0.29, 0.717) is 0 Å². The van der Waals surface area contributed by atoms with E-state index in [2.05, 4.69) is 430 Å². The molecule has 0 aromatic heterocycles. The van der Waals surface area contributed by atoms with E-state index in [1.54, 1.807) is 0 Å². The molecule has 27 aromatic carbocycles. The summed E-state index contributed by atoms with van der Waals surface area (Å²) in [5.41, 5.74) is 39.9. The fourth-order valence-corrected chi connectivity index (χ4v) is 25.3. The molecule has 0 saturated carbocycles. The van der Waals surface area contributed by atoms with Crippen LogP contribution in [-0.4, -0.2) is 0 Å². The van der Waals surface area contributed by atoms with E-state index in [1.807, 2.05) is 0 Å². The molecule has 0 bridgehead atoms. The molecule has 0 spiro atoms. The molecule has 0 atom stereocenters. The van der Waals surface area contributed by atoms with Gasteiger partial charge in [0, 0.05) is 0 Å². The van der Waals surface area contributed by atoms with Crippen molar-refractivity contribution in [1.29, 1.82) is 0 Å². The highest BCUT2D eigenvalue weighted by Crippen LogP contribution is 2.62. The van der Waals surface area contributed by atoms with E-state index >= 15 is 0 Å². The Bertz CT molecular complexity index is 9870. The maximum Gasteiger partial charge on any atom is -0.000719 e. The maximum absolute atomic E-state index is 2.50. The molecule has 0 radical (unpaired) electrons. The van der Waals surface area contributed by atoms with E-state index in [9.17, 15) is 0 Å². The summed E-state index contributed by atoms with van der Waals surface area (Å²) in [6, 6.07) is 147. The molecular formula is C132H82. The molecule has 0 amide bonds. The van der Waals surface area contributed by atoms with Gasteiger partial charge >= 0.3 is 0 Å². The third-order valence-corrected chi connectivity index (χ3v) is 30.4. The van der Waals surface area contributed by atoms with Crippen LogP contribution in [0.2, 0.25) is 0 Å². The van der Waals surface area contributed by atoms with Gasteiger partial charge in [-0.1, -0.05) is 340 Å². The predicted molar refractivity (Wildman–Crippen MR) is 570 cm³/mol. The van der Waals surface area contributed by atoms with E-state index in [4.69, 9.17) is 0 Å². The highest BCUT2D eigenvalue weighted by Gasteiger charge is 2.34. The van der Waals surface area contributed by atoms with Gasteiger partial charge in [0.1, 0.15) is 0 Å². The summed E-state index contributed by atoms with van der Waals surface area (Å²) in [6.45, 7) is 13.3. The second-order valence-corrected chi connectivity index (χ2v) is 38.3. The first-order valence-electron chi connectivity index (χ1n) is 46.6. The van der Waals surface area contributed by atoms with Gasteiger partial charge in [-0.15, -0.1) is 0 Å². The SMILES string of the molecule is Cc1cc2c3c(cc(C)cc3c1)-c1cc3c(cc1-2)c(-c1ccccc1)c1ccc2cccc4ccc3c1c24.Cc1cc2c3c(cc(C)cc3c1)-c1cc3c(cc1-2)c(-c1ccccc1)cc1c3cc2ccc3cccc4ccc1c2c34.Cc1cc2c3c(cc(C)cc3c1)-c1cc3c(ccc4c3ccc3c(-c5ccccc5)c5c(c(-c6ccccc6)c34)-c3cccc4cccc-5c34)cc1-2. The van der Waals surface area contributed by atoms with Crippen molar-refractivity contribution in [2.75, 3.05) is 0 Å². The molecule has 4 aliphatic carbocycles. The summed E-state index contributed by atoms with van der Waals surface area (Å²) in [7, 11) is 0. The van der Waals surface area contributed by atoms with Gasteiger partial charge in [-0.2, -0.15) is 0 Å². The lowest BCUT2D eigenvalue weighted by Gasteiger charge is -2.22.